The van der Waals surface area contributed by atoms with E-state index in [2.05, 4.69) is 19.1 Å². The molecule has 41 heavy (non-hydrogen) atoms. The predicted molar refractivity (Wildman–Crippen MR) is 162 cm³/mol. The van der Waals surface area contributed by atoms with Crippen molar-refractivity contribution >= 4 is 0 Å². The van der Waals surface area contributed by atoms with Crippen molar-refractivity contribution in [2.24, 2.45) is 0 Å². The van der Waals surface area contributed by atoms with Gasteiger partial charge in [0.1, 0.15) is 5.82 Å². The lowest BCUT2D eigenvalue weighted by atomic mass is 9.89. The molecule has 0 amide bonds. The van der Waals surface area contributed by atoms with Crippen molar-refractivity contribution in [2.75, 3.05) is 13.2 Å². The van der Waals surface area contributed by atoms with Crippen LogP contribution in [0.3, 0.4) is 0 Å². The summed E-state index contributed by atoms with van der Waals surface area (Å²) in [4.78, 5) is 0. The van der Waals surface area contributed by atoms with Gasteiger partial charge in [-0.25, -0.2) is 8.78 Å². The van der Waals surface area contributed by atoms with Crippen molar-refractivity contribution in [3.8, 4) is 28.0 Å². The minimum Gasteiger partial charge on any atom is -0.490 e. The Morgan fingerprint density at radius 2 is 1.54 bits per heavy atom. The van der Waals surface area contributed by atoms with Gasteiger partial charge in [0.15, 0.2) is 11.6 Å². The molecule has 5 heteroatoms. The lowest BCUT2D eigenvalue weighted by Gasteiger charge is -2.29. The van der Waals surface area contributed by atoms with Gasteiger partial charge in [-0.05, 0) is 73.9 Å². The zero-order valence-corrected chi connectivity index (χ0v) is 24.4. The van der Waals surface area contributed by atoms with Crippen molar-refractivity contribution in [2.45, 2.75) is 90.1 Å². The average molecular weight is 565 g/mol. The van der Waals surface area contributed by atoms with E-state index in [9.17, 15) is 8.78 Å². The monoisotopic (exact) mass is 564 g/mol. The number of rotatable bonds is 14. The highest BCUT2D eigenvalue weighted by Gasteiger charge is 2.23. The summed E-state index contributed by atoms with van der Waals surface area (Å²) in [6.45, 7) is 5.18. The van der Waals surface area contributed by atoms with Gasteiger partial charge in [-0.15, -0.1) is 0 Å². The minimum absolute atomic E-state index is 0.0638. The Labute approximate surface area is 243 Å². The largest absolute Gasteiger partial charge is 0.490 e. The second-order valence-electron chi connectivity index (χ2n) is 11.0. The lowest BCUT2D eigenvalue weighted by Crippen LogP contribution is -2.24. The van der Waals surface area contributed by atoms with Crippen LogP contribution in [0.25, 0.3) is 22.3 Å². The fraction of sp³-hybridized carbons (Fsp3) is 0.444. The summed E-state index contributed by atoms with van der Waals surface area (Å²) in [5.74, 6) is -2.09. The number of allylic oxidation sites excluding steroid dienone is 2. The molecule has 0 radical (unpaired) electrons. The standard InChI is InChI=1S/C36H43F3O2/c1-3-5-7-8-9-11-23-40-34-22-21-32(35(38)36(34)39)27-15-13-26(14-16-27)31-20-18-28(24-33(31)37)29-17-19-30(41-25-29)12-10-6-4-2/h4,6,13-16,18,20-22,24,29-30H,3,5,7-12,17,19,23,25H2,1-2H3. The van der Waals surface area contributed by atoms with Crippen LogP contribution in [0.4, 0.5) is 13.2 Å². The summed E-state index contributed by atoms with van der Waals surface area (Å²) in [5, 5.41) is 0. The molecule has 0 aliphatic carbocycles. The maximum atomic E-state index is 15.2. The average Bonchev–Trinajstić information content (AvgIpc) is 2.99. The molecule has 0 N–H and O–H groups in total. The summed E-state index contributed by atoms with van der Waals surface area (Å²) < 4.78 is 56.4. The van der Waals surface area contributed by atoms with Gasteiger partial charge in [-0.1, -0.05) is 87.6 Å². The Hall–Kier alpha value is -3.05. The van der Waals surface area contributed by atoms with Crippen molar-refractivity contribution < 1.29 is 22.6 Å². The highest BCUT2D eigenvalue weighted by atomic mass is 19.2. The number of halogens is 3. The summed E-state index contributed by atoms with van der Waals surface area (Å²) in [6.07, 6.45) is 15.1. The molecule has 1 aliphatic heterocycles. The first-order valence-corrected chi connectivity index (χ1v) is 15.3. The number of hydrogen-bond acceptors (Lipinski definition) is 2. The van der Waals surface area contributed by atoms with Gasteiger partial charge >= 0.3 is 0 Å². The molecular formula is C36H43F3O2. The molecule has 0 saturated carbocycles. The van der Waals surface area contributed by atoms with Gasteiger partial charge in [-0.2, -0.15) is 4.39 Å². The first-order chi connectivity index (χ1) is 20.0. The molecule has 2 nitrogen and oxygen atoms in total. The van der Waals surface area contributed by atoms with Crippen LogP contribution in [0.15, 0.2) is 66.7 Å². The summed E-state index contributed by atoms with van der Waals surface area (Å²) in [7, 11) is 0. The first kappa shape index (κ1) is 30.9. The Morgan fingerprint density at radius 3 is 2.22 bits per heavy atom. The maximum absolute atomic E-state index is 15.2. The zero-order valence-electron chi connectivity index (χ0n) is 24.4. The third-order valence-corrected chi connectivity index (χ3v) is 8.04. The fourth-order valence-electron chi connectivity index (χ4n) is 5.52. The molecule has 1 heterocycles. The van der Waals surface area contributed by atoms with Crippen molar-refractivity contribution in [1.82, 2.24) is 0 Å². The van der Waals surface area contributed by atoms with E-state index >= 15 is 4.39 Å². The smallest absolute Gasteiger partial charge is 0.201 e. The second-order valence-corrected chi connectivity index (χ2v) is 11.0. The molecule has 0 aromatic heterocycles. The van der Waals surface area contributed by atoms with Crippen LogP contribution in [-0.2, 0) is 4.74 Å². The highest BCUT2D eigenvalue weighted by Crippen LogP contribution is 2.35. The van der Waals surface area contributed by atoms with Crippen LogP contribution >= 0.6 is 0 Å². The van der Waals surface area contributed by atoms with Gasteiger partial charge in [0.2, 0.25) is 5.82 Å². The van der Waals surface area contributed by atoms with Gasteiger partial charge in [-0.3, -0.25) is 0 Å². The molecule has 4 rings (SSSR count). The molecular weight excluding hydrogens is 521 g/mol. The molecule has 1 saturated heterocycles. The van der Waals surface area contributed by atoms with E-state index < -0.39 is 11.6 Å². The molecule has 1 aliphatic rings. The maximum Gasteiger partial charge on any atom is 0.201 e. The van der Waals surface area contributed by atoms with E-state index in [1.165, 1.54) is 31.4 Å². The van der Waals surface area contributed by atoms with E-state index in [1.807, 2.05) is 13.0 Å². The highest BCUT2D eigenvalue weighted by molar-refractivity contribution is 5.71. The number of hydrogen-bond donors (Lipinski definition) is 0. The van der Waals surface area contributed by atoms with Gasteiger partial charge < -0.3 is 9.47 Å². The van der Waals surface area contributed by atoms with E-state index in [0.717, 1.165) is 50.5 Å². The number of unbranched alkanes of at least 4 members (excludes halogenated alkanes) is 5. The van der Waals surface area contributed by atoms with Crippen LogP contribution < -0.4 is 4.74 Å². The molecule has 1 fully saturated rings. The fourth-order valence-corrected chi connectivity index (χ4v) is 5.52. The van der Waals surface area contributed by atoms with Gasteiger partial charge in [0.05, 0.1) is 19.3 Å². The summed E-state index contributed by atoms with van der Waals surface area (Å²) >= 11 is 0. The Morgan fingerprint density at radius 1 is 0.829 bits per heavy atom. The predicted octanol–water partition coefficient (Wildman–Crippen LogP) is 10.8. The van der Waals surface area contributed by atoms with E-state index in [4.69, 9.17) is 9.47 Å². The molecule has 220 valence electrons. The molecule has 3 aromatic rings. The van der Waals surface area contributed by atoms with E-state index in [-0.39, 0.29) is 29.2 Å². The second kappa shape index (κ2) is 15.8. The minimum atomic E-state index is -0.977. The molecule has 2 unspecified atom stereocenters. The Kier molecular flexibility index (Phi) is 11.9. The van der Waals surface area contributed by atoms with Crippen LogP contribution in [-0.4, -0.2) is 19.3 Å². The SMILES string of the molecule is CC=CCCC1CCC(c2ccc(-c3ccc(-c4ccc(OCCCCCCCC)c(F)c4F)cc3)c(F)c2)CO1. The Balaban J connectivity index is 1.35. The normalized spacial score (nSPS) is 17.3. The van der Waals surface area contributed by atoms with Crippen molar-refractivity contribution in [3.05, 3.63) is 89.8 Å². The third kappa shape index (κ3) is 8.48. The first-order valence-electron chi connectivity index (χ1n) is 15.3. The van der Waals surface area contributed by atoms with Crippen LogP contribution in [0, 0.1) is 17.5 Å². The van der Waals surface area contributed by atoms with Crippen LogP contribution in [0.2, 0.25) is 0 Å². The topological polar surface area (TPSA) is 18.5 Å². The molecule has 0 spiro atoms. The zero-order chi connectivity index (χ0) is 29.0. The molecule has 3 aromatic carbocycles. The number of ether oxygens (including phenoxy) is 2. The lowest BCUT2D eigenvalue weighted by molar-refractivity contribution is -0.000225. The molecule has 0 bridgehead atoms. The summed E-state index contributed by atoms with van der Waals surface area (Å²) in [5.41, 5.74) is 2.78. The van der Waals surface area contributed by atoms with Crippen molar-refractivity contribution in [1.29, 1.82) is 0 Å². The van der Waals surface area contributed by atoms with Crippen molar-refractivity contribution in [3.63, 3.8) is 0 Å². The molecule has 2 atom stereocenters. The van der Waals surface area contributed by atoms with E-state index in [1.54, 1.807) is 36.4 Å². The van der Waals surface area contributed by atoms with Crippen LogP contribution in [0.5, 0.6) is 5.75 Å². The third-order valence-electron chi connectivity index (χ3n) is 8.04. The Bertz CT molecular complexity index is 1260. The van der Waals surface area contributed by atoms with Crippen LogP contribution in [0.1, 0.15) is 89.5 Å². The van der Waals surface area contributed by atoms with Gasteiger partial charge in [0, 0.05) is 17.0 Å². The summed E-state index contributed by atoms with van der Waals surface area (Å²) in [6, 6.07) is 15.3. The van der Waals surface area contributed by atoms with E-state index in [0.29, 0.717) is 29.9 Å². The van der Waals surface area contributed by atoms with Gasteiger partial charge in [0.25, 0.3) is 0 Å². The quantitative estimate of drug-likeness (QED) is 0.143. The number of benzene rings is 3.